The molecule has 0 saturated carbocycles. The lowest BCUT2D eigenvalue weighted by atomic mass is 10.1. The second kappa shape index (κ2) is 11.9. The Kier molecular flexibility index (Phi) is 8.19. The van der Waals surface area contributed by atoms with E-state index in [-0.39, 0.29) is 24.8 Å². The second-order valence-corrected chi connectivity index (χ2v) is 8.20. The van der Waals surface area contributed by atoms with E-state index < -0.39 is 0 Å². The molecule has 0 unspecified atom stereocenters. The molecule has 182 valence electrons. The minimum Gasteiger partial charge on any atom is -0.466 e. The van der Waals surface area contributed by atoms with E-state index in [0.29, 0.717) is 13.2 Å². The highest BCUT2D eigenvalue weighted by molar-refractivity contribution is 5.73. The van der Waals surface area contributed by atoms with Crippen LogP contribution in [0.5, 0.6) is 0 Å². The molecule has 0 N–H and O–H groups in total. The van der Waals surface area contributed by atoms with Crippen LogP contribution in [0.3, 0.4) is 0 Å². The van der Waals surface area contributed by atoms with E-state index >= 15 is 0 Å². The van der Waals surface area contributed by atoms with Crippen LogP contribution in [-0.2, 0) is 31.9 Å². The minimum absolute atomic E-state index is 0.214. The van der Waals surface area contributed by atoms with Crippen LogP contribution in [-0.4, -0.2) is 25.2 Å². The molecular weight excluding hydrogens is 452 g/mol. The van der Waals surface area contributed by atoms with Gasteiger partial charge in [-0.25, -0.2) is 0 Å². The summed E-state index contributed by atoms with van der Waals surface area (Å²) in [6.45, 7) is 4.40. The number of pyridine rings is 2. The molecule has 0 saturated heterocycles. The zero-order valence-electron chi connectivity index (χ0n) is 20.5. The number of rotatable bonds is 9. The highest BCUT2D eigenvalue weighted by atomic mass is 16.5. The Morgan fingerprint density at radius 1 is 0.667 bits per heavy atom. The first-order valence-corrected chi connectivity index (χ1v) is 12.0. The summed E-state index contributed by atoms with van der Waals surface area (Å²) < 4.78 is 14.0. The van der Waals surface area contributed by atoms with Crippen molar-refractivity contribution < 1.29 is 28.2 Å². The lowest BCUT2D eigenvalue weighted by molar-refractivity contribution is -0.596. The Balaban J connectivity index is 1.40. The van der Waals surface area contributed by atoms with Crippen molar-refractivity contribution in [2.45, 2.75) is 26.7 Å². The fourth-order valence-electron chi connectivity index (χ4n) is 3.83. The number of nitrogens with zero attached hydrogens (tertiary/aromatic N) is 2. The van der Waals surface area contributed by atoms with Gasteiger partial charge in [0.1, 0.15) is 12.4 Å². The van der Waals surface area contributed by atoms with Gasteiger partial charge in [0.05, 0.1) is 26.1 Å². The Hall–Kier alpha value is -4.32. The van der Waals surface area contributed by atoms with Crippen LogP contribution in [0.25, 0.3) is 22.5 Å². The molecule has 0 amide bonds. The van der Waals surface area contributed by atoms with E-state index in [1.54, 1.807) is 13.8 Å². The van der Waals surface area contributed by atoms with Crippen molar-refractivity contribution in [3.8, 4) is 22.5 Å². The van der Waals surface area contributed by atoms with Crippen LogP contribution in [0, 0.1) is 6.07 Å². The lowest BCUT2D eigenvalue weighted by Gasteiger charge is -2.09. The van der Waals surface area contributed by atoms with Crippen LogP contribution < -0.4 is 9.13 Å². The van der Waals surface area contributed by atoms with E-state index in [2.05, 4.69) is 6.07 Å². The first-order valence-electron chi connectivity index (χ1n) is 12.0. The molecule has 6 heteroatoms. The smallest absolute Gasteiger partial charge is 0.310 e. The van der Waals surface area contributed by atoms with E-state index in [1.807, 2.05) is 101 Å². The van der Waals surface area contributed by atoms with E-state index in [1.165, 1.54) is 0 Å². The molecule has 0 bridgehead atoms. The van der Waals surface area contributed by atoms with Gasteiger partial charge >= 0.3 is 11.9 Å². The molecule has 2 aromatic carbocycles. The van der Waals surface area contributed by atoms with Gasteiger partial charge in [0.15, 0.2) is 12.4 Å². The molecule has 4 rings (SSSR count). The third-order valence-electron chi connectivity index (χ3n) is 5.68. The van der Waals surface area contributed by atoms with Crippen molar-refractivity contribution >= 4 is 11.9 Å². The van der Waals surface area contributed by atoms with Crippen LogP contribution in [0.15, 0.2) is 91.5 Å². The Labute approximate surface area is 211 Å². The predicted octanol–water partition coefficient (Wildman–Crippen LogP) is 3.92. The summed E-state index contributed by atoms with van der Waals surface area (Å²) >= 11 is 0. The first-order chi connectivity index (χ1) is 17.6. The summed E-state index contributed by atoms with van der Waals surface area (Å²) in [7, 11) is 0. The zero-order chi connectivity index (χ0) is 25.3. The Bertz CT molecular complexity index is 1190. The topological polar surface area (TPSA) is 60.4 Å². The second-order valence-electron chi connectivity index (χ2n) is 8.20. The van der Waals surface area contributed by atoms with Crippen molar-refractivity contribution in [3.05, 3.63) is 109 Å². The summed E-state index contributed by atoms with van der Waals surface area (Å²) in [4.78, 5) is 23.3. The van der Waals surface area contributed by atoms with Crippen LogP contribution in [0.2, 0.25) is 0 Å². The summed E-state index contributed by atoms with van der Waals surface area (Å²) in [5, 5.41) is 0. The van der Waals surface area contributed by atoms with E-state index in [9.17, 15) is 9.59 Å². The van der Waals surface area contributed by atoms with Gasteiger partial charge in [-0.15, -0.1) is 11.6 Å². The highest BCUT2D eigenvalue weighted by Gasteiger charge is 2.09. The van der Waals surface area contributed by atoms with Gasteiger partial charge in [0.25, 0.3) is 0 Å². The van der Waals surface area contributed by atoms with Gasteiger partial charge in [-0.1, -0.05) is 30.3 Å². The fraction of sp³-hybridized carbons (Fsp3) is 0.200. The number of carbonyl (C=O) groups is 2. The molecule has 0 aliphatic heterocycles. The maximum atomic E-state index is 11.7. The summed E-state index contributed by atoms with van der Waals surface area (Å²) in [6.07, 6.45) is 8.46. The molecular formula is C30H29N2O4+. The average Bonchev–Trinajstić information content (AvgIpc) is 2.90. The van der Waals surface area contributed by atoms with Gasteiger partial charge < -0.3 is 9.47 Å². The molecule has 0 spiro atoms. The third-order valence-corrected chi connectivity index (χ3v) is 5.68. The average molecular weight is 482 g/mol. The van der Waals surface area contributed by atoms with Gasteiger partial charge in [0, 0.05) is 24.3 Å². The van der Waals surface area contributed by atoms with Crippen molar-refractivity contribution in [2.75, 3.05) is 13.2 Å². The predicted molar refractivity (Wildman–Crippen MR) is 134 cm³/mol. The molecule has 0 aliphatic rings. The standard InChI is InChI=1S/C30H29N2O4/c1-3-35-29(33)21-23-5-9-27(10-6-23)31-17-13-25(14-18-31)26-15-19-32(20-16-26)28-11-7-24(8-12-28)22-30(34)36-4-2/h5-15,17-20H,3-4,21-22H2,1-2H3/q+1. The zero-order valence-corrected chi connectivity index (χ0v) is 20.5. The summed E-state index contributed by atoms with van der Waals surface area (Å²) in [5.41, 5.74) is 5.89. The largest absolute Gasteiger partial charge is 0.466 e. The molecule has 2 heterocycles. The fourth-order valence-corrected chi connectivity index (χ4v) is 3.83. The monoisotopic (exact) mass is 481 g/mol. The van der Waals surface area contributed by atoms with Crippen molar-refractivity contribution in [3.63, 3.8) is 0 Å². The number of esters is 2. The van der Waals surface area contributed by atoms with Crippen molar-refractivity contribution in [2.24, 2.45) is 0 Å². The molecule has 2 aromatic heterocycles. The van der Waals surface area contributed by atoms with Gasteiger partial charge in [-0.2, -0.15) is 14.7 Å². The number of hydrogen-bond acceptors (Lipinski definition) is 4. The summed E-state index contributed by atoms with van der Waals surface area (Å²) in [5.74, 6) is -0.431. The van der Waals surface area contributed by atoms with E-state index in [0.717, 1.165) is 33.6 Å². The molecule has 6 nitrogen and oxygen atoms in total. The summed E-state index contributed by atoms with van der Waals surface area (Å²) in [6, 6.07) is 25.2. The van der Waals surface area contributed by atoms with Gasteiger partial charge in [0.2, 0.25) is 11.4 Å². The van der Waals surface area contributed by atoms with E-state index in [4.69, 9.17) is 9.47 Å². The quantitative estimate of drug-likeness (QED) is 0.207. The maximum Gasteiger partial charge on any atom is 0.310 e. The van der Waals surface area contributed by atoms with Crippen LogP contribution in [0.1, 0.15) is 25.0 Å². The third kappa shape index (κ3) is 6.42. The highest BCUT2D eigenvalue weighted by Crippen LogP contribution is 2.16. The molecule has 0 atom stereocenters. The number of ether oxygens (including phenoxy) is 2. The Morgan fingerprint density at radius 2 is 1.14 bits per heavy atom. The lowest BCUT2D eigenvalue weighted by Crippen LogP contribution is -2.29. The molecule has 0 aliphatic carbocycles. The Morgan fingerprint density at radius 3 is 1.58 bits per heavy atom. The number of carbonyl (C=O) groups excluding carboxylic acids is 2. The van der Waals surface area contributed by atoms with Gasteiger partial charge in [-0.3, -0.25) is 9.59 Å². The van der Waals surface area contributed by atoms with Crippen LogP contribution >= 0.6 is 0 Å². The molecule has 36 heavy (non-hydrogen) atoms. The normalized spacial score (nSPS) is 10.6. The first kappa shape index (κ1) is 24.8. The van der Waals surface area contributed by atoms with Crippen molar-refractivity contribution in [1.29, 1.82) is 0 Å². The van der Waals surface area contributed by atoms with Gasteiger partial charge in [-0.05, 0) is 37.1 Å². The molecule has 0 radical (unpaired) electrons. The molecule has 0 fully saturated rings. The number of aromatic nitrogens is 2. The van der Waals surface area contributed by atoms with Crippen LogP contribution in [0.4, 0.5) is 0 Å². The maximum absolute atomic E-state index is 11.7. The number of benzene rings is 2. The molecule has 4 aromatic rings. The van der Waals surface area contributed by atoms with Crippen molar-refractivity contribution in [1.82, 2.24) is 0 Å². The minimum atomic E-state index is -0.217. The number of hydrogen-bond donors (Lipinski definition) is 0. The SMILES string of the molecule is CCOC(=O)Cc1ccc(-[n+]2c[c-]c(-c3cc[n+](-c4ccc(CC(=O)OCC)cc4)cc3)cc2)cc1.